The number of carbonyl (C=O) groups is 1. The number of aromatic nitrogens is 1. The van der Waals surface area contributed by atoms with Crippen molar-refractivity contribution in [3.8, 4) is 0 Å². The lowest BCUT2D eigenvalue weighted by Gasteiger charge is -2.07. The fraction of sp³-hybridized carbons (Fsp3) is 0.250. The molecule has 0 unspecified atom stereocenters. The van der Waals surface area contributed by atoms with Crippen LogP contribution >= 0.6 is 15.9 Å². The molecule has 0 saturated carbocycles. The summed E-state index contributed by atoms with van der Waals surface area (Å²) in [6.45, 7) is -0.0687. The number of pyridine rings is 1. The third-order valence-corrected chi connectivity index (χ3v) is 2.30. The van der Waals surface area contributed by atoms with Crippen molar-refractivity contribution in [2.75, 3.05) is 0 Å². The molecule has 3 nitrogen and oxygen atoms in total. The number of carbonyl (C=O) groups excluding carboxylic acids is 1. The second-order valence-electron chi connectivity index (χ2n) is 2.54. The van der Waals surface area contributed by atoms with Crippen molar-refractivity contribution in [3.05, 3.63) is 27.5 Å². The van der Waals surface area contributed by atoms with Gasteiger partial charge in [0, 0.05) is 12.1 Å². The predicted octanol–water partition coefficient (Wildman–Crippen LogP) is 2.05. The summed E-state index contributed by atoms with van der Waals surface area (Å²) in [7, 11) is 0. The van der Waals surface area contributed by atoms with E-state index >= 15 is 0 Å². The molecule has 0 fully saturated rings. The lowest BCUT2D eigenvalue weighted by Crippen LogP contribution is -2.06. The van der Waals surface area contributed by atoms with Gasteiger partial charge in [-0.3, -0.25) is 4.79 Å². The molecular formula is C8H7BrF2N2O. The number of hydrogen-bond acceptors (Lipinski definition) is 3. The molecule has 0 amide bonds. The summed E-state index contributed by atoms with van der Waals surface area (Å²) in [6.07, 6.45) is -2.16. The molecule has 0 bridgehead atoms. The molecule has 1 rings (SSSR count). The number of nitrogens with zero attached hydrogens (tertiary/aromatic N) is 1. The highest BCUT2D eigenvalue weighted by Crippen LogP contribution is 2.24. The Morgan fingerprint density at radius 2 is 2.29 bits per heavy atom. The van der Waals surface area contributed by atoms with Crippen molar-refractivity contribution >= 4 is 22.2 Å². The van der Waals surface area contributed by atoms with Gasteiger partial charge >= 0.3 is 0 Å². The molecule has 0 spiro atoms. The summed E-state index contributed by atoms with van der Waals surface area (Å²) in [5, 5.41) is 0. The Morgan fingerprint density at radius 3 is 2.71 bits per heavy atom. The summed E-state index contributed by atoms with van der Waals surface area (Å²) in [6, 6.07) is 1.31. The average Bonchev–Trinajstić information content (AvgIpc) is 2.17. The quantitative estimate of drug-likeness (QED) is 0.672. The topological polar surface area (TPSA) is 56.0 Å². The first-order valence-electron chi connectivity index (χ1n) is 3.72. The molecule has 0 radical (unpaired) electrons. The maximum atomic E-state index is 12.4. The normalized spacial score (nSPS) is 10.6. The van der Waals surface area contributed by atoms with E-state index in [1.54, 1.807) is 0 Å². The lowest BCUT2D eigenvalue weighted by molar-refractivity contribution is 0.112. The number of hydrogen-bond donors (Lipinski definition) is 1. The van der Waals surface area contributed by atoms with Crippen LogP contribution < -0.4 is 5.73 Å². The molecule has 0 aliphatic rings. The van der Waals surface area contributed by atoms with Gasteiger partial charge in [0.1, 0.15) is 10.3 Å². The number of aldehydes is 1. The maximum absolute atomic E-state index is 12.4. The van der Waals surface area contributed by atoms with E-state index in [9.17, 15) is 13.6 Å². The van der Waals surface area contributed by atoms with Crippen molar-refractivity contribution in [2.45, 2.75) is 13.0 Å². The fourth-order valence-corrected chi connectivity index (χ4v) is 1.40. The Bertz CT molecular complexity index is 357. The number of rotatable bonds is 3. The van der Waals surface area contributed by atoms with Gasteiger partial charge < -0.3 is 5.73 Å². The van der Waals surface area contributed by atoms with Gasteiger partial charge in [-0.25, -0.2) is 13.8 Å². The zero-order valence-electron chi connectivity index (χ0n) is 7.01. The minimum atomic E-state index is -2.69. The first-order valence-corrected chi connectivity index (χ1v) is 4.52. The fourth-order valence-electron chi connectivity index (χ4n) is 0.998. The monoisotopic (exact) mass is 264 g/mol. The maximum Gasteiger partial charge on any atom is 0.280 e. The number of alkyl halides is 2. The van der Waals surface area contributed by atoms with Gasteiger partial charge in [-0.1, -0.05) is 0 Å². The van der Waals surface area contributed by atoms with Gasteiger partial charge in [-0.05, 0) is 27.6 Å². The van der Waals surface area contributed by atoms with Crippen LogP contribution in [-0.2, 0) is 6.54 Å². The zero-order valence-corrected chi connectivity index (χ0v) is 8.59. The van der Waals surface area contributed by atoms with Crippen molar-refractivity contribution in [2.24, 2.45) is 5.73 Å². The van der Waals surface area contributed by atoms with E-state index in [1.807, 2.05) is 0 Å². The third-order valence-electron chi connectivity index (χ3n) is 1.67. The van der Waals surface area contributed by atoms with Gasteiger partial charge in [0.2, 0.25) is 0 Å². The summed E-state index contributed by atoms with van der Waals surface area (Å²) < 4.78 is 24.9. The first kappa shape index (κ1) is 11.2. The van der Waals surface area contributed by atoms with Gasteiger partial charge in [-0.2, -0.15) is 0 Å². The van der Waals surface area contributed by atoms with Crippen molar-refractivity contribution in [1.29, 1.82) is 0 Å². The van der Waals surface area contributed by atoms with Gasteiger partial charge in [0.15, 0.2) is 6.29 Å². The molecule has 0 atom stereocenters. The largest absolute Gasteiger partial charge is 0.326 e. The minimum absolute atomic E-state index is 0.0687. The first-order chi connectivity index (χ1) is 6.60. The minimum Gasteiger partial charge on any atom is -0.326 e. The van der Waals surface area contributed by atoms with E-state index in [-0.39, 0.29) is 28.0 Å². The molecule has 2 N–H and O–H groups in total. The van der Waals surface area contributed by atoms with Gasteiger partial charge in [0.25, 0.3) is 6.43 Å². The van der Waals surface area contributed by atoms with E-state index in [0.29, 0.717) is 6.29 Å². The Morgan fingerprint density at radius 1 is 1.64 bits per heavy atom. The molecular weight excluding hydrogens is 258 g/mol. The Hall–Kier alpha value is -0.880. The van der Waals surface area contributed by atoms with Crippen LogP contribution in [0, 0.1) is 0 Å². The number of halogens is 3. The molecule has 0 saturated heterocycles. The highest BCUT2D eigenvalue weighted by molar-refractivity contribution is 9.10. The van der Waals surface area contributed by atoms with Crippen LogP contribution in [0.4, 0.5) is 8.78 Å². The zero-order chi connectivity index (χ0) is 10.7. The van der Waals surface area contributed by atoms with Crippen molar-refractivity contribution in [3.63, 3.8) is 0 Å². The summed E-state index contributed by atoms with van der Waals surface area (Å²) in [5.74, 6) is 0. The van der Waals surface area contributed by atoms with Crippen molar-refractivity contribution in [1.82, 2.24) is 4.98 Å². The smallest absolute Gasteiger partial charge is 0.280 e. The standard InChI is InChI=1S/C8H7BrF2N2O/c9-7-5(3-14)1-4(2-12)6(13-7)8(10)11/h1,3,8H,2,12H2. The highest BCUT2D eigenvalue weighted by atomic mass is 79.9. The second-order valence-corrected chi connectivity index (χ2v) is 3.29. The van der Waals surface area contributed by atoms with Crippen LogP contribution in [0.1, 0.15) is 28.0 Å². The van der Waals surface area contributed by atoms with Crippen LogP contribution in [0.3, 0.4) is 0 Å². The van der Waals surface area contributed by atoms with Crippen LogP contribution in [0.2, 0.25) is 0 Å². The second kappa shape index (κ2) is 4.56. The molecule has 0 aliphatic carbocycles. The molecule has 1 aromatic heterocycles. The van der Waals surface area contributed by atoms with Crippen molar-refractivity contribution < 1.29 is 13.6 Å². The summed E-state index contributed by atoms with van der Waals surface area (Å²) in [4.78, 5) is 14.0. The SMILES string of the molecule is NCc1cc(C=O)c(Br)nc1C(F)F. The molecule has 0 aliphatic heterocycles. The van der Waals surface area contributed by atoms with E-state index in [4.69, 9.17) is 5.73 Å². The molecule has 0 aromatic carbocycles. The van der Waals surface area contributed by atoms with Crippen LogP contribution in [-0.4, -0.2) is 11.3 Å². The van der Waals surface area contributed by atoms with E-state index in [0.717, 1.165) is 0 Å². The third kappa shape index (κ3) is 2.13. The van der Waals surface area contributed by atoms with Gasteiger partial charge in [-0.15, -0.1) is 0 Å². The van der Waals surface area contributed by atoms with E-state index in [2.05, 4.69) is 20.9 Å². The van der Waals surface area contributed by atoms with E-state index < -0.39 is 6.43 Å². The lowest BCUT2D eigenvalue weighted by atomic mass is 10.1. The molecule has 76 valence electrons. The molecule has 14 heavy (non-hydrogen) atoms. The average molecular weight is 265 g/mol. The summed E-state index contributed by atoms with van der Waals surface area (Å²) >= 11 is 2.92. The Balaban J connectivity index is 3.31. The van der Waals surface area contributed by atoms with Crippen LogP contribution in [0.5, 0.6) is 0 Å². The van der Waals surface area contributed by atoms with Crippen LogP contribution in [0.25, 0.3) is 0 Å². The Labute approximate surface area is 87.4 Å². The number of nitrogens with two attached hydrogens (primary N) is 1. The Kier molecular flexibility index (Phi) is 3.65. The molecule has 1 aromatic rings. The highest BCUT2D eigenvalue weighted by Gasteiger charge is 2.16. The molecule has 6 heteroatoms. The summed E-state index contributed by atoms with van der Waals surface area (Å²) in [5.41, 5.74) is 5.28. The van der Waals surface area contributed by atoms with Gasteiger partial charge in [0.05, 0.1) is 0 Å². The molecule has 1 heterocycles. The van der Waals surface area contributed by atoms with Crippen LogP contribution in [0.15, 0.2) is 10.7 Å². The predicted molar refractivity (Wildman–Crippen MR) is 50.2 cm³/mol. The van der Waals surface area contributed by atoms with E-state index in [1.165, 1.54) is 6.07 Å².